The molecule has 8 heteroatoms. The fraction of sp³-hybridized carbons (Fsp3) is 0.333. The van der Waals surface area contributed by atoms with Gasteiger partial charge < -0.3 is 14.9 Å². The molecule has 0 aliphatic rings. The van der Waals surface area contributed by atoms with Crippen molar-refractivity contribution >= 4 is 18.1 Å². The highest BCUT2D eigenvalue weighted by Crippen LogP contribution is 2.24. The molecule has 2 heterocycles. The van der Waals surface area contributed by atoms with Crippen LogP contribution in [0.25, 0.3) is 5.78 Å². The van der Waals surface area contributed by atoms with E-state index in [1.54, 1.807) is 10.7 Å². The topological polar surface area (TPSA) is 85.9 Å². The molecule has 0 atom stereocenters. The Labute approximate surface area is 151 Å². The van der Waals surface area contributed by atoms with E-state index in [0.29, 0.717) is 18.3 Å². The van der Waals surface area contributed by atoms with E-state index in [9.17, 15) is 0 Å². The number of fused-ring (bicyclic) bond motifs is 1. The molecular weight excluding hydrogens is 332 g/mol. The molecule has 136 valence electrons. The van der Waals surface area contributed by atoms with Crippen LogP contribution in [0.2, 0.25) is 0 Å². The van der Waals surface area contributed by atoms with Crippen LogP contribution in [0.4, 0.5) is 5.95 Å². The first-order chi connectivity index (χ1) is 12.5. The van der Waals surface area contributed by atoms with E-state index in [2.05, 4.69) is 63.3 Å². The Bertz CT molecular complexity index is 896. The second-order valence-corrected chi connectivity index (χ2v) is 6.71. The maximum absolute atomic E-state index is 5.89. The molecule has 26 heavy (non-hydrogen) atoms. The molecule has 0 saturated carbocycles. The summed E-state index contributed by atoms with van der Waals surface area (Å²) in [4.78, 5) is 13.1. The molecule has 0 bridgehead atoms. The highest BCUT2D eigenvalue weighted by molar-refractivity contribution is 5.71. The Hall–Kier alpha value is -3.16. The number of hydrogen-bond donors (Lipinski definition) is 1. The molecule has 0 unspecified atom stereocenters. The van der Waals surface area contributed by atoms with Gasteiger partial charge in [-0.1, -0.05) is 38.1 Å². The van der Waals surface area contributed by atoms with E-state index in [4.69, 9.17) is 4.74 Å². The van der Waals surface area contributed by atoms with Crippen LogP contribution in [-0.2, 0) is 16.9 Å². The molecule has 3 rings (SSSR count). The van der Waals surface area contributed by atoms with Crippen LogP contribution in [0, 0.1) is 0 Å². The predicted molar refractivity (Wildman–Crippen MR) is 99.4 cm³/mol. The lowest BCUT2D eigenvalue weighted by molar-refractivity contribution is 0.215. The highest BCUT2D eigenvalue weighted by Gasteiger charge is 2.13. The number of benzene rings is 1. The molecule has 1 N–H and O–H groups in total. The average Bonchev–Trinajstić information content (AvgIpc) is 3.03. The first kappa shape index (κ1) is 17.7. The number of nitrogens with zero attached hydrogens (tertiary/aromatic N) is 5. The van der Waals surface area contributed by atoms with Gasteiger partial charge in [-0.05, 0) is 29.2 Å². The van der Waals surface area contributed by atoms with Crippen molar-refractivity contribution in [3.8, 4) is 5.75 Å². The Morgan fingerprint density at radius 1 is 1.19 bits per heavy atom. The largest absolute Gasteiger partial charge is 0.487 e. The number of ether oxygens (including phenoxy) is 1. The minimum absolute atomic E-state index is 0.117. The third kappa shape index (κ3) is 4.08. The lowest BCUT2D eigenvalue weighted by Crippen LogP contribution is -2.10. The molecule has 0 aliphatic heterocycles. The van der Waals surface area contributed by atoms with E-state index in [1.165, 1.54) is 19.0 Å². The fourth-order valence-corrected chi connectivity index (χ4v) is 2.36. The van der Waals surface area contributed by atoms with E-state index < -0.39 is 0 Å². The molecule has 0 radical (unpaired) electrons. The molecule has 8 nitrogen and oxygen atoms in total. The SMILES string of the molecule is CO/N=C\Nc1nc2nccc(COc3ccc(C(C)(C)C)cc3)n2n1. The number of aromatic nitrogens is 4. The van der Waals surface area contributed by atoms with Crippen molar-refractivity contribution in [1.29, 1.82) is 0 Å². The maximum atomic E-state index is 5.89. The molecule has 0 fully saturated rings. The standard InChI is InChI=1S/C18H22N6O2/c1-18(2,3)13-5-7-15(8-6-13)26-11-14-9-10-19-17-22-16(23-24(14)17)20-12-21-25-4/h5-10,12H,11H2,1-4H3,(H,20,21,23). The molecule has 3 aromatic rings. The van der Waals surface area contributed by atoms with Gasteiger partial charge in [0.2, 0.25) is 5.95 Å². The van der Waals surface area contributed by atoms with Gasteiger partial charge in [0.25, 0.3) is 5.78 Å². The Morgan fingerprint density at radius 2 is 1.96 bits per heavy atom. The van der Waals surface area contributed by atoms with E-state index in [-0.39, 0.29) is 5.41 Å². The van der Waals surface area contributed by atoms with Crippen LogP contribution >= 0.6 is 0 Å². The second-order valence-electron chi connectivity index (χ2n) is 6.71. The maximum Gasteiger partial charge on any atom is 0.254 e. The van der Waals surface area contributed by atoms with Gasteiger partial charge >= 0.3 is 0 Å². The van der Waals surface area contributed by atoms with Crippen LogP contribution in [0.3, 0.4) is 0 Å². The van der Waals surface area contributed by atoms with Gasteiger partial charge in [-0.25, -0.2) is 4.98 Å². The molecule has 0 spiro atoms. The molecule has 0 saturated heterocycles. The van der Waals surface area contributed by atoms with Crippen molar-refractivity contribution in [2.24, 2.45) is 5.16 Å². The minimum Gasteiger partial charge on any atom is -0.487 e. The normalized spacial score (nSPS) is 11.8. The first-order valence-electron chi connectivity index (χ1n) is 8.23. The third-order valence-corrected chi connectivity index (χ3v) is 3.78. The summed E-state index contributed by atoms with van der Waals surface area (Å²) in [6.45, 7) is 6.90. The van der Waals surface area contributed by atoms with Crippen molar-refractivity contribution < 1.29 is 9.57 Å². The summed E-state index contributed by atoms with van der Waals surface area (Å²) < 4.78 is 7.52. The van der Waals surface area contributed by atoms with Gasteiger partial charge in [0.15, 0.2) is 0 Å². The Balaban J connectivity index is 1.73. The zero-order valence-electron chi connectivity index (χ0n) is 15.3. The molecule has 0 amide bonds. The molecule has 2 aromatic heterocycles. The van der Waals surface area contributed by atoms with Gasteiger partial charge in [-0.2, -0.15) is 9.50 Å². The van der Waals surface area contributed by atoms with Gasteiger partial charge in [-0.15, -0.1) is 5.10 Å². The van der Waals surface area contributed by atoms with Crippen LogP contribution in [0.1, 0.15) is 32.0 Å². The van der Waals surface area contributed by atoms with E-state index >= 15 is 0 Å². The summed E-state index contributed by atoms with van der Waals surface area (Å²) in [5, 5.41) is 10.8. The molecule has 1 aromatic carbocycles. The fourth-order valence-electron chi connectivity index (χ4n) is 2.36. The van der Waals surface area contributed by atoms with E-state index in [1.807, 2.05) is 18.2 Å². The van der Waals surface area contributed by atoms with Crippen molar-refractivity contribution in [1.82, 2.24) is 19.6 Å². The molecule has 0 aliphatic carbocycles. The Morgan fingerprint density at radius 3 is 2.65 bits per heavy atom. The van der Waals surface area contributed by atoms with Crippen molar-refractivity contribution in [2.45, 2.75) is 32.8 Å². The number of oxime groups is 1. The van der Waals surface area contributed by atoms with Crippen LogP contribution in [0.15, 0.2) is 41.7 Å². The minimum atomic E-state index is 0.117. The summed E-state index contributed by atoms with van der Waals surface area (Å²) in [5.41, 5.74) is 2.21. The van der Waals surface area contributed by atoms with Gasteiger partial charge in [0, 0.05) is 6.20 Å². The van der Waals surface area contributed by atoms with Crippen LogP contribution < -0.4 is 10.1 Å². The molecular formula is C18H22N6O2. The van der Waals surface area contributed by atoms with Crippen LogP contribution in [-0.4, -0.2) is 33.0 Å². The summed E-state index contributed by atoms with van der Waals surface area (Å²) in [6, 6.07) is 9.98. The number of rotatable bonds is 6. The summed E-state index contributed by atoms with van der Waals surface area (Å²) >= 11 is 0. The zero-order chi connectivity index (χ0) is 18.6. The van der Waals surface area contributed by atoms with Crippen molar-refractivity contribution in [2.75, 3.05) is 12.4 Å². The number of hydrogen-bond acceptors (Lipinski definition) is 6. The Kier molecular flexibility index (Phi) is 5.01. The average molecular weight is 354 g/mol. The summed E-state index contributed by atoms with van der Waals surface area (Å²) in [7, 11) is 1.46. The van der Waals surface area contributed by atoms with Gasteiger partial charge in [-0.3, -0.25) is 0 Å². The van der Waals surface area contributed by atoms with Crippen LogP contribution in [0.5, 0.6) is 5.75 Å². The zero-order valence-corrected chi connectivity index (χ0v) is 15.3. The lowest BCUT2D eigenvalue weighted by Gasteiger charge is -2.19. The van der Waals surface area contributed by atoms with Crippen molar-refractivity contribution in [3.05, 3.63) is 47.8 Å². The van der Waals surface area contributed by atoms with Gasteiger partial charge in [0.1, 0.15) is 25.8 Å². The number of anilines is 1. The first-order valence-corrected chi connectivity index (χ1v) is 8.23. The quantitative estimate of drug-likeness (QED) is 0.416. The smallest absolute Gasteiger partial charge is 0.254 e. The second kappa shape index (κ2) is 7.38. The lowest BCUT2D eigenvalue weighted by atomic mass is 9.87. The summed E-state index contributed by atoms with van der Waals surface area (Å²) in [6.07, 6.45) is 3.04. The predicted octanol–water partition coefficient (Wildman–Crippen LogP) is 3.00. The number of nitrogens with one attached hydrogen (secondary N) is 1. The summed E-state index contributed by atoms with van der Waals surface area (Å²) in [5.74, 6) is 1.65. The third-order valence-electron chi connectivity index (χ3n) is 3.78. The van der Waals surface area contributed by atoms with Gasteiger partial charge in [0.05, 0.1) is 5.69 Å². The van der Waals surface area contributed by atoms with E-state index in [0.717, 1.165) is 11.4 Å². The highest BCUT2D eigenvalue weighted by atomic mass is 16.6. The van der Waals surface area contributed by atoms with Crippen molar-refractivity contribution in [3.63, 3.8) is 0 Å². The monoisotopic (exact) mass is 354 g/mol.